The minimum Gasteiger partial charge on any atom is -0.494 e. The Bertz CT molecular complexity index is 944. The summed E-state index contributed by atoms with van der Waals surface area (Å²) in [7, 11) is 0. The van der Waals surface area contributed by atoms with Crippen LogP contribution in [0.1, 0.15) is 56.9 Å². The van der Waals surface area contributed by atoms with Crippen LogP contribution in [0.3, 0.4) is 0 Å². The van der Waals surface area contributed by atoms with Gasteiger partial charge in [-0.2, -0.15) is 0 Å². The molecule has 2 amide bonds. The van der Waals surface area contributed by atoms with Gasteiger partial charge in [0.1, 0.15) is 11.8 Å². The molecule has 0 spiro atoms. The van der Waals surface area contributed by atoms with Crippen LogP contribution < -0.4 is 21.1 Å². The molecular weight excluding hydrogens is 464 g/mol. The summed E-state index contributed by atoms with van der Waals surface area (Å²) in [5, 5.41) is 21.4. The fourth-order valence-electron chi connectivity index (χ4n) is 6.66. The van der Waals surface area contributed by atoms with Crippen molar-refractivity contribution < 1.29 is 29.0 Å². The van der Waals surface area contributed by atoms with Crippen LogP contribution in [-0.4, -0.2) is 48.3 Å². The lowest BCUT2D eigenvalue weighted by Crippen LogP contribution is -2.49. The lowest BCUT2D eigenvalue weighted by molar-refractivity contribution is -0.139. The molecule has 0 aromatic heterocycles. The number of carbonyl (C=O) groups is 3. The molecule has 0 radical (unpaired) electrons. The molecule has 4 aliphatic rings. The lowest BCUT2D eigenvalue weighted by Gasteiger charge is -2.56. The average molecular weight is 501 g/mol. The van der Waals surface area contributed by atoms with E-state index in [2.05, 4.69) is 10.6 Å². The van der Waals surface area contributed by atoms with Gasteiger partial charge in [-0.15, -0.1) is 0 Å². The summed E-state index contributed by atoms with van der Waals surface area (Å²) in [6.07, 6.45) is 7.38. The van der Waals surface area contributed by atoms with Crippen molar-refractivity contribution in [1.82, 2.24) is 10.6 Å². The molecule has 1 atom stereocenters. The van der Waals surface area contributed by atoms with Gasteiger partial charge in [-0.3, -0.25) is 15.5 Å². The van der Waals surface area contributed by atoms with Crippen LogP contribution in [-0.2, 0) is 20.7 Å². The topological polar surface area (TPSA) is 164 Å². The second-order valence-corrected chi connectivity index (χ2v) is 10.8. The second-order valence-electron chi connectivity index (χ2n) is 10.8. The molecule has 10 heteroatoms. The molecule has 4 fully saturated rings. The molecule has 1 aromatic carbocycles. The van der Waals surface area contributed by atoms with Crippen LogP contribution in [0, 0.1) is 28.6 Å². The Balaban J connectivity index is 1.20. The van der Waals surface area contributed by atoms with Crippen molar-refractivity contribution in [2.45, 2.75) is 63.8 Å². The Kier molecular flexibility index (Phi) is 8.01. The summed E-state index contributed by atoms with van der Waals surface area (Å²) in [6, 6.07) is 5.83. The normalized spacial score (nSPS) is 26.6. The standard InChI is InChI=1S/C26H36N4O6/c27-24(28)30-22(31)2-1-7-35-20-5-3-16(4-6-20)11-21(23(32)33)29-25(34)36-15-26-12-17-8-18(13-26)10-19(9-17)14-26/h3-6,17-19,21H,1-2,7-15H2,(H,29,34)(H,32,33)(H4,27,28,30,31)/t17?,18?,19?,21-,26?/m0/s1. The maximum absolute atomic E-state index is 12.5. The van der Waals surface area contributed by atoms with Crippen LogP contribution in [0.25, 0.3) is 0 Å². The second kappa shape index (κ2) is 11.2. The zero-order valence-electron chi connectivity index (χ0n) is 20.5. The summed E-state index contributed by atoms with van der Waals surface area (Å²) in [5.41, 5.74) is 5.92. The molecule has 0 unspecified atom stereocenters. The Morgan fingerprint density at radius 1 is 1.08 bits per heavy atom. The first kappa shape index (κ1) is 25.8. The van der Waals surface area contributed by atoms with Crippen LogP contribution in [0.4, 0.5) is 4.79 Å². The van der Waals surface area contributed by atoms with Gasteiger partial charge in [0, 0.05) is 18.3 Å². The van der Waals surface area contributed by atoms with Crippen molar-refractivity contribution in [3.8, 4) is 5.75 Å². The highest BCUT2D eigenvalue weighted by molar-refractivity contribution is 5.94. The van der Waals surface area contributed by atoms with E-state index >= 15 is 0 Å². The molecular formula is C26H36N4O6. The van der Waals surface area contributed by atoms with E-state index in [1.165, 1.54) is 19.3 Å². The van der Waals surface area contributed by atoms with Crippen LogP contribution in [0.2, 0.25) is 0 Å². The smallest absolute Gasteiger partial charge is 0.407 e. The molecule has 196 valence electrons. The van der Waals surface area contributed by atoms with Crippen molar-refractivity contribution in [2.75, 3.05) is 13.2 Å². The first-order chi connectivity index (χ1) is 17.2. The van der Waals surface area contributed by atoms with Gasteiger partial charge in [0.2, 0.25) is 5.91 Å². The summed E-state index contributed by atoms with van der Waals surface area (Å²) >= 11 is 0. The van der Waals surface area contributed by atoms with E-state index in [1.54, 1.807) is 24.3 Å². The van der Waals surface area contributed by atoms with E-state index in [-0.39, 0.29) is 30.1 Å². The molecule has 1 aromatic rings. The minimum absolute atomic E-state index is 0.0812. The molecule has 6 N–H and O–H groups in total. The van der Waals surface area contributed by atoms with E-state index < -0.39 is 18.1 Å². The van der Waals surface area contributed by atoms with Crippen LogP contribution >= 0.6 is 0 Å². The summed E-state index contributed by atoms with van der Waals surface area (Å²) in [5.74, 6) is 1.01. The van der Waals surface area contributed by atoms with Gasteiger partial charge < -0.3 is 25.6 Å². The van der Waals surface area contributed by atoms with Gasteiger partial charge in [-0.25, -0.2) is 9.59 Å². The van der Waals surface area contributed by atoms with Crippen molar-refractivity contribution in [3.63, 3.8) is 0 Å². The number of ether oxygens (including phenoxy) is 2. The van der Waals surface area contributed by atoms with E-state index in [0.717, 1.165) is 42.6 Å². The number of nitrogens with one attached hydrogen (secondary N) is 3. The van der Waals surface area contributed by atoms with Crippen molar-refractivity contribution in [2.24, 2.45) is 28.9 Å². The number of hydrogen-bond donors (Lipinski definition) is 5. The van der Waals surface area contributed by atoms with E-state index in [4.69, 9.17) is 20.6 Å². The summed E-state index contributed by atoms with van der Waals surface area (Å²) in [6.45, 7) is 0.677. The molecule has 0 saturated heterocycles. The summed E-state index contributed by atoms with van der Waals surface area (Å²) in [4.78, 5) is 35.7. The fraction of sp³-hybridized carbons (Fsp3) is 0.615. The van der Waals surface area contributed by atoms with Crippen LogP contribution in [0.15, 0.2) is 24.3 Å². The lowest BCUT2D eigenvalue weighted by atomic mass is 9.50. The third kappa shape index (κ3) is 6.89. The highest BCUT2D eigenvalue weighted by Crippen LogP contribution is 2.60. The predicted molar refractivity (Wildman–Crippen MR) is 131 cm³/mol. The zero-order chi connectivity index (χ0) is 25.7. The third-order valence-electron chi connectivity index (χ3n) is 7.72. The zero-order valence-corrected chi connectivity index (χ0v) is 20.5. The van der Waals surface area contributed by atoms with Crippen LogP contribution in [0.5, 0.6) is 5.75 Å². The number of alkyl carbamates (subject to hydrolysis) is 1. The molecule has 36 heavy (non-hydrogen) atoms. The van der Waals surface area contributed by atoms with Gasteiger partial charge in [-0.05, 0) is 80.4 Å². The molecule has 4 aliphatic carbocycles. The van der Waals surface area contributed by atoms with E-state index in [0.29, 0.717) is 25.4 Å². The number of benzene rings is 1. The number of hydrogen-bond acceptors (Lipinski definition) is 6. The Morgan fingerprint density at radius 2 is 1.69 bits per heavy atom. The molecule has 0 aliphatic heterocycles. The maximum atomic E-state index is 12.5. The molecule has 4 saturated carbocycles. The first-order valence-corrected chi connectivity index (χ1v) is 12.7. The average Bonchev–Trinajstić information content (AvgIpc) is 2.80. The predicted octanol–water partition coefficient (Wildman–Crippen LogP) is 2.79. The van der Waals surface area contributed by atoms with Gasteiger partial charge >= 0.3 is 12.1 Å². The van der Waals surface area contributed by atoms with Gasteiger partial charge in [0.25, 0.3) is 0 Å². The number of rotatable bonds is 11. The molecule has 0 heterocycles. The first-order valence-electron chi connectivity index (χ1n) is 12.7. The number of guanidine groups is 1. The van der Waals surface area contributed by atoms with Gasteiger partial charge in [-0.1, -0.05) is 12.1 Å². The maximum Gasteiger partial charge on any atom is 0.407 e. The Morgan fingerprint density at radius 3 is 2.25 bits per heavy atom. The summed E-state index contributed by atoms with van der Waals surface area (Å²) < 4.78 is 11.2. The number of carboxylic acids is 1. The quantitative estimate of drug-likeness (QED) is 0.177. The number of amides is 2. The fourth-order valence-corrected chi connectivity index (χ4v) is 6.66. The van der Waals surface area contributed by atoms with Gasteiger partial charge in [0.05, 0.1) is 13.2 Å². The Hall–Kier alpha value is -3.30. The monoisotopic (exact) mass is 500 g/mol. The minimum atomic E-state index is -1.12. The number of carboxylic acid groups (broad SMARTS) is 1. The number of aliphatic carboxylic acids is 1. The Labute approximate surface area is 210 Å². The van der Waals surface area contributed by atoms with Gasteiger partial charge in [0.15, 0.2) is 5.96 Å². The number of carbonyl (C=O) groups excluding carboxylic acids is 2. The van der Waals surface area contributed by atoms with E-state index in [9.17, 15) is 19.5 Å². The SMILES string of the molecule is N=C(N)NC(=O)CCCOc1ccc(C[C@H](NC(=O)OCC23CC4CC(CC(C4)C2)C3)C(=O)O)cc1. The number of nitrogens with two attached hydrogens (primary N) is 1. The largest absolute Gasteiger partial charge is 0.494 e. The highest BCUT2D eigenvalue weighted by Gasteiger charge is 2.51. The van der Waals surface area contributed by atoms with Crippen molar-refractivity contribution >= 4 is 23.9 Å². The highest BCUT2D eigenvalue weighted by atomic mass is 16.5. The van der Waals surface area contributed by atoms with E-state index in [1.807, 2.05) is 0 Å². The molecule has 10 nitrogen and oxygen atoms in total. The van der Waals surface area contributed by atoms with Crippen molar-refractivity contribution in [3.05, 3.63) is 29.8 Å². The molecule has 5 rings (SSSR count). The molecule has 4 bridgehead atoms. The third-order valence-corrected chi connectivity index (χ3v) is 7.72. The van der Waals surface area contributed by atoms with Crippen molar-refractivity contribution in [1.29, 1.82) is 5.41 Å².